The third-order valence-electron chi connectivity index (χ3n) is 4.17. The average molecular weight is 234 g/mol. The molecule has 0 spiro atoms. The zero-order valence-electron chi connectivity index (χ0n) is 10.1. The summed E-state index contributed by atoms with van der Waals surface area (Å²) in [5.41, 5.74) is 0.602. The second kappa shape index (κ2) is 4.14. The molecular formula is C12H18N4O. The summed E-state index contributed by atoms with van der Waals surface area (Å²) >= 11 is 0. The Morgan fingerprint density at radius 1 is 1.41 bits per heavy atom. The number of H-pyrrole nitrogens is 1. The Kier molecular flexibility index (Phi) is 2.63. The standard InChI is InChI=1S/C12H18N4O/c1-15-9-2-3-10(15)8-16(7-5-9)12(17)11-4-6-13-14-11/h4,6,9-10H,2-3,5,7-8H2,1H3,(H,13,14)/t9-,10+/m1/s1. The van der Waals surface area contributed by atoms with E-state index in [9.17, 15) is 4.79 Å². The zero-order chi connectivity index (χ0) is 11.8. The summed E-state index contributed by atoms with van der Waals surface area (Å²) in [6.45, 7) is 1.72. The first-order valence-corrected chi connectivity index (χ1v) is 6.26. The molecule has 0 unspecified atom stereocenters. The Bertz CT molecular complexity index is 403. The zero-order valence-corrected chi connectivity index (χ0v) is 10.1. The molecule has 2 bridgehead atoms. The van der Waals surface area contributed by atoms with Crippen LogP contribution in [0, 0.1) is 0 Å². The SMILES string of the molecule is CN1[C@@H]2CC[C@H]1CN(C(=O)c1ccn[nH]1)CC2. The van der Waals surface area contributed by atoms with Crippen LogP contribution in [0.15, 0.2) is 12.3 Å². The van der Waals surface area contributed by atoms with Gasteiger partial charge in [0.2, 0.25) is 0 Å². The maximum absolute atomic E-state index is 12.2. The van der Waals surface area contributed by atoms with E-state index in [2.05, 4.69) is 22.1 Å². The van der Waals surface area contributed by atoms with Gasteiger partial charge in [-0.2, -0.15) is 5.10 Å². The first kappa shape index (κ1) is 10.8. The fourth-order valence-electron chi connectivity index (χ4n) is 3.04. The highest BCUT2D eigenvalue weighted by Crippen LogP contribution is 2.28. The van der Waals surface area contributed by atoms with Gasteiger partial charge in [-0.15, -0.1) is 0 Å². The van der Waals surface area contributed by atoms with Crippen LogP contribution in [0.1, 0.15) is 29.8 Å². The molecule has 92 valence electrons. The molecule has 2 fully saturated rings. The van der Waals surface area contributed by atoms with Crippen molar-refractivity contribution in [1.82, 2.24) is 20.0 Å². The number of aromatic amines is 1. The third kappa shape index (κ3) is 1.84. The number of rotatable bonds is 1. The number of nitrogens with zero attached hydrogens (tertiary/aromatic N) is 3. The van der Waals surface area contributed by atoms with Crippen molar-refractivity contribution >= 4 is 5.91 Å². The predicted octanol–water partition coefficient (Wildman–Crippen LogP) is 0.718. The summed E-state index contributed by atoms with van der Waals surface area (Å²) in [6, 6.07) is 2.95. The van der Waals surface area contributed by atoms with E-state index in [0.717, 1.165) is 19.5 Å². The van der Waals surface area contributed by atoms with Crippen molar-refractivity contribution in [2.45, 2.75) is 31.3 Å². The van der Waals surface area contributed by atoms with Gasteiger partial charge in [0.05, 0.1) is 0 Å². The minimum absolute atomic E-state index is 0.0865. The molecule has 1 aromatic heterocycles. The molecule has 5 heteroatoms. The molecule has 2 saturated heterocycles. The number of likely N-dealkylation sites (tertiary alicyclic amines) is 1. The number of likely N-dealkylation sites (N-methyl/N-ethyl adjacent to an activating group) is 1. The van der Waals surface area contributed by atoms with Crippen LogP contribution in [0.2, 0.25) is 0 Å². The van der Waals surface area contributed by atoms with Crippen LogP contribution in [0.5, 0.6) is 0 Å². The molecule has 2 aliphatic rings. The van der Waals surface area contributed by atoms with Gasteiger partial charge in [-0.05, 0) is 32.4 Å². The van der Waals surface area contributed by atoms with E-state index < -0.39 is 0 Å². The number of carbonyl (C=O) groups excluding carboxylic acids is 1. The van der Waals surface area contributed by atoms with Crippen molar-refractivity contribution in [2.75, 3.05) is 20.1 Å². The summed E-state index contributed by atoms with van der Waals surface area (Å²) in [5, 5.41) is 6.60. The Morgan fingerprint density at radius 3 is 3.00 bits per heavy atom. The number of carbonyl (C=O) groups is 1. The second-order valence-corrected chi connectivity index (χ2v) is 5.06. The van der Waals surface area contributed by atoms with E-state index in [0.29, 0.717) is 17.8 Å². The first-order chi connectivity index (χ1) is 8.25. The molecule has 3 rings (SSSR count). The Labute approximate surface area is 101 Å². The first-order valence-electron chi connectivity index (χ1n) is 6.26. The maximum atomic E-state index is 12.2. The van der Waals surface area contributed by atoms with Crippen LogP contribution >= 0.6 is 0 Å². The highest BCUT2D eigenvalue weighted by Gasteiger charge is 2.36. The molecule has 2 atom stereocenters. The van der Waals surface area contributed by atoms with Gasteiger partial charge in [0.1, 0.15) is 5.69 Å². The number of hydrogen-bond donors (Lipinski definition) is 1. The highest BCUT2D eigenvalue weighted by molar-refractivity contribution is 5.92. The van der Waals surface area contributed by atoms with Crippen LogP contribution in [0.25, 0.3) is 0 Å². The molecule has 0 radical (unpaired) electrons. The van der Waals surface area contributed by atoms with Gasteiger partial charge in [0, 0.05) is 31.4 Å². The van der Waals surface area contributed by atoms with Gasteiger partial charge in [-0.1, -0.05) is 0 Å². The van der Waals surface area contributed by atoms with E-state index in [1.165, 1.54) is 12.8 Å². The molecule has 17 heavy (non-hydrogen) atoms. The van der Waals surface area contributed by atoms with Gasteiger partial charge in [-0.3, -0.25) is 14.8 Å². The van der Waals surface area contributed by atoms with E-state index in [-0.39, 0.29) is 5.91 Å². The highest BCUT2D eigenvalue weighted by atomic mass is 16.2. The Balaban J connectivity index is 1.75. The average Bonchev–Trinajstić information content (AvgIpc) is 2.88. The number of aromatic nitrogens is 2. The number of hydrogen-bond acceptors (Lipinski definition) is 3. The lowest BCUT2D eigenvalue weighted by molar-refractivity contribution is 0.0734. The van der Waals surface area contributed by atoms with Crippen molar-refractivity contribution in [3.8, 4) is 0 Å². The van der Waals surface area contributed by atoms with Gasteiger partial charge in [-0.25, -0.2) is 0 Å². The molecule has 5 nitrogen and oxygen atoms in total. The predicted molar refractivity (Wildman–Crippen MR) is 63.7 cm³/mol. The molecule has 0 aliphatic carbocycles. The maximum Gasteiger partial charge on any atom is 0.271 e. The fourth-order valence-corrected chi connectivity index (χ4v) is 3.04. The van der Waals surface area contributed by atoms with Gasteiger partial charge in [0.25, 0.3) is 5.91 Å². The lowest BCUT2D eigenvalue weighted by Crippen LogP contribution is -2.39. The Hall–Kier alpha value is -1.36. The lowest BCUT2D eigenvalue weighted by atomic mass is 10.1. The van der Waals surface area contributed by atoms with Crippen LogP contribution in [0.3, 0.4) is 0 Å². The van der Waals surface area contributed by atoms with Crippen LogP contribution in [0.4, 0.5) is 0 Å². The summed E-state index contributed by atoms with van der Waals surface area (Å²) in [5.74, 6) is 0.0865. The van der Waals surface area contributed by atoms with Crippen molar-refractivity contribution < 1.29 is 4.79 Å². The summed E-state index contributed by atoms with van der Waals surface area (Å²) in [6.07, 6.45) is 5.22. The van der Waals surface area contributed by atoms with Crippen molar-refractivity contribution in [1.29, 1.82) is 0 Å². The molecule has 1 N–H and O–H groups in total. The second-order valence-electron chi connectivity index (χ2n) is 5.06. The fraction of sp³-hybridized carbons (Fsp3) is 0.667. The molecule has 2 aliphatic heterocycles. The molecule has 3 heterocycles. The van der Waals surface area contributed by atoms with E-state index in [4.69, 9.17) is 0 Å². The minimum Gasteiger partial charge on any atom is -0.336 e. The Morgan fingerprint density at radius 2 is 2.24 bits per heavy atom. The summed E-state index contributed by atoms with van der Waals surface area (Å²) < 4.78 is 0. The van der Waals surface area contributed by atoms with Gasteiger partial charge < -0.3 is 4.90 Å². The van der Waals surface area contributed by atoms with E-state index in [1.807, 2.05) is 4.90 Å². The van der Waals surface area contributed by atoms with E-state index in [1.54, 1.807) is 12.3 Å². The van der Waals surface area contributed by atoms with Gasteiger partial charge >= 0.3 is 0 Å². The third-order valence-corrected chi connectivity index (χ3v) is 4.17. The number of amides is 1. The quantitative estimate of drug-likeness (QED) is 0.779. The van der Waals surface area contributed by atoms with Crippen molar-refractivity contribution in [3.05, 3.63) is 18.0 Å². The van der Waals surface area contributed by atoms with Crippen LogP contribution < -0.4 is 0 Å². The van der Waals surface area contributed by atoms with Crippen molar-refractivity contribution in [3.63, 3.8) is 0 Å². The van der Waals surface area contributed by atoms with E-state index >= 15 is 0 Å². The molecule has 1 amide bonds. The molecule has 0 aromatic carbocycles. The normalized spacial score (nSPS) is 29.4. The van der Waals surface area contributed by atoms with Crippen LogP contribution in [-0.4, -0.2) is 58.1 Å². The lowest BCUT2D eigenvalue weighted by Gasteiger charge is -2.25. The molecular weight excluding hydrogens is 216 g/mol. The minimum atomic E-state index is 0.0865. The monoisotopic (exact) mass is 234 g/mol. The number of fused-ring (bicyclic) bond motifs is 2. The van der Waals surface area contributed by atoms with Crippen LogP contribution in [-0.2, 0) is 0 Å². The summed E-state index contributed by atoms with van der Waals surface area (Å²) in [4.78, 5) is 16.6. The van der Waals surface area contributed by atoms with Gasteiger partial charge in [0.15, 0.2) is 0 Å². The smallest absolute Gasteiger partial charge is 0.271 e. The largest absolute Gasteiger partial charge is 0.336 e. The summed E-state index contributed by atoms with van der Waals surface area (Å²) in [7, 11) is 2.19. The van der Waals surface area contributed by atoms with Crippen molar-refractivity contribution in [2.24, 2.45) is 0 Å². The molecule has 1 aromatic rings. The topological polar surface area (TPSA) is 52.2 Å². The molecule has 0 saturated carbocycles. The number of nitrogens with one attached hydrogen (secondary N) is 1.